The van der Waals surface area contributed by atoms with Crippen molar-refractivity contribution in [1.29, 1.82) is 0 Å². The molecule has 8 heteroatoms. The number of fused-ring (bicyclic) bond motifs is 3. The van der Waals surface area contributed by atoms with E-state index in [1.165, 1.54) is 12.1 Å². The van der Waals surface area contributed by atoms with Gasteiger partial charge >= 0.3 is 6.03 Å². The molecule has 0 aromatic carbocycles. The monoisotopic (exact) mass is 340 g/mol. The highest BCUT2D eigenvalue weighted by atomic mass is 16.2. The van der Waals surface area contributed by atoms with Crippen molar-refractivity contribution in [1.82, 2.24) is 19.6 Å². The van der Waals surface area contributed by atoms with Crippen molar-refractivity contribution >= 4 is 29.1 Å². The molecule has 25 heavy (non-hydrogen) atoms. The molecule has 0 radical (unpaired) electrons. The average molecular weight is 340 g/mol. The third kappa shape index (κ3) is 2.21. The molecule has 3 amide bonds. The van der Waals surface area contributed by atoms with E-state index < -0.39 is 0 Å². The van der Waals surface area contributed by atoms with Crippen LogP contribution in [0.4, 0.5) is 16.3 Å². The molecule has 0 aliphatic carbocycles. The Balaban J connectivity index is 1.43. The molecule has 1 N–H and O–H groups in total. The van der Waals surface area contributed by atoms with E-state index in [4.69, 9.17) is 0 Å². The second-order valence-corrected chi connectivity index (χ2v) is 7.10. The van der Waals surface area contributed by atoms with E-state index in [1.807, 2.05) is 10.6 Å². The highest BCUT2D eigenvalue weighted by Gasteiger charge is 2.42. The van der Waals surface area contributed by atoms with Gasteiger partial charge in [-0.25, -0.2) is 9.78 Å². The number of rotatable bonds is 2. The summed E-state index contributed by atoms with van der Waals surface area (Å²) in [5.74, 6) is 0.457. The van der Waals surface area contributed by atoms with E-state index in [0.717, 1.165) is 18.7 Å². The van der Waals surface area contributed by atoms with Crippen molar-refractivity contribution in [3.63, 3.8) is 0 Å². The van der Waals surface area contributed by atoms with Crippen LogP contribution in [0.1, 0.15) is 12.8 Å². The first-order valence-electron chi connectivity index (χ1n) is 8.65. The first kappa shape index (κ1) is 14.7. The molecule has 4 aliphatic heterocycles. The van der Waals surface area contributed by atoms with Crippen molar-refractivity contribution < 1.29 is 9.59 Å². The number of imidazole rings is 1. The van der Waals surface area contributed by atoms with Gasteiger partial charge in [0.25, 0.3) is 0 Å². The lowest BCUT2D eigenvalue weighted by Crippen LogP contribution is -2.67. The lowest BCUT2D eigenvalue weighted by atomic mass is 9.88. The van der Waals surface area contributed by atoms with E-state index in [9.17, 15) is 9.59 Å². The highest BCUT2D eigenvalue weighted by Crippen LogP contribution is 2.33. The minimum absolute atomic E-state index is 0.231. The molecule has 0 saturated carbocycles. The zero-order valence-corrected chi connectivity index (χ0v) is 14.1. The third-order valence-electron chi connectivity index (χ3n) is 5.73. The summed E-state index contributed by atoms with van der Waals surface area (Å²) in [4.78, 5) is 34.3. The second kappa shape index (κ2) is 5.19. The number of nitrogens with zero attached hydrogens (tertiary/aromatic N) is 5. The van der Waals surface area contributed by atoms with E-state index in [1.54, 1.807) is 11.1 Å². The maximum absolute atomic E-state index is 12.1. The summed E-state index contributed by atoms with van der Waals surface area (Å²) in [6.07, 6.45) is 5.25. The van der Waals surface area contributed by atoms with Crippen molar-refractivity contribution in [2.24, 2.45) is 0 Å². The van der Waals surface area contributed by atoms with Crippen LogP contribution in [0.15, 0.2) is 24.5 Å². The van der Waals surface area contributed by atoms with Crippen LogP contribution in [0, 0.1) is 0 Å². The van der Waals surface area contributed by atoms with Crippen molar-refractivity contribution in [2.75, 3.05) is 36.5 Å². The predicted octanol–water partition coefficient (Wildman–Crippen LogP) is 0.673. The fraction of sp³-hybridized carbons (Fsp3) is 0.471. The summed E-state index contributed by atoms with van der Waals surface area (Å²) in [6, 6.07) is 5.07. The molecule has 4 aliphatic rings. The molecule has 2 bridgehead atoms. The van der Waals surface area contributed by atoms with Gasteiger partial charge in [0.15, 0.2) is 0 Å². The summed E-state index contributed by atoms with van der Waals surface area (Å²) in [5, 5.41) is 2.35. The zero-order valence-electron chi connectivity index (χ0n) is 14.1. The summed E-state index contributed by atoms with van der Waals surface area (Å²) < 4.78 is 1.90. The molecule has 6 heterocycles. The van der Waals surface area contributed by atoms with Crippen LogP contribution in [0.3, 0.4) is 0 Å². The number of imide groups is 1. The van der Waals surface area contributed by atoms with Gasteiger partial charge in [0, 0.05) is 56.1 Å². The molecule has 2 aromatic rings. The Morgan fingerprint density at radius 3 is 2.76 bits per heavy atom. The Morgan fingerprint density at radius 2 is 2.04 bits per heavy atom. The maximum atomic E-state index is 12.1. The smallest absolute Gasteiger partial charge is 0.329 e. The zero-order chi connectivity index (χ0) is 17.1. The van der Waals surface area contributed by atoms with Crippen molar-refractivity contribution in [3.05, 3.63) is 24.5 Å². The summed E-state index contributed by atoms with van der Waals surface area (Å²) in [7, 11) is 2.20. The van der Waals surface area contributed by atoms with Crippen LogP contribution in [0.25, 0.3) is 5.65 Å². The van der Waals surface area contributed by atoms with E-state index in [0.29, 0.717) is 30.9 Å². The van der Waals surface area contributed by atoms with Gasteiger partial charge in [-0.15, -0.1) is 0 Å². The minimum Gasteiger partial charge on any atom is -0.368 e. The highest BCUT2D eigenvalue weighted by molar-refractivity contribution is 6.05. The standard InChI is InChI=1S/C17H20N6O2/c1-20-12-6-13(20)10-21(9-12)11-2-4-22-14(7-11)18-8-16(22)23-5-3-15(24)19-17(23)25/h2,4,7-8,12-13H,3,5-6,9-10H2,1H3,(H,19,24,25). The maximum Gasteiger partial charge on any atom is 0.329 e. The van der Waals surface area contributed by atoms with Crippen LogP contribution >= 0.6 is 0 Å². The molecule has 6 rings (SSSR count). The topological polar surface area (TPSA) is 73.2 Å². The number of piperidine rings is 1. The summed E-state index contributed by atoms with van der Waals surface area (Å²) in [6.45, 7) is 2.47. The summed E-state index contributed by atoms with van der Waals surface area (Å²) in [5.41, 5.74) is 1.98. The molecular weight excluding hydrogens is 320 g/mol. The number of aromatic nitrogens is 2. The van der Waals surface area contributed by atoms with Crippen LogP contribution in [0.2, 0.25) is 0 Å². The van der Waals surface area contributed by atoms with Gasteiger partial charge in [-0.05, 0) is 19.5 Å². The quantitative estimate of drug-likeness (QED) is 0.870. The lowest BCUT2D eigenvalue weighted by Gasteiger charge is -2.55. The fourth-order valence-corrected chi connectivity index (χ4v) is 4.14. The molecule has 2 aromatic heterocycles. The number of hydrogen-bond donors (Lipinski definition) is 1. The normalized spacial score (nSPS) is 26.8. The van der Waals surface area contributed by atoms with Crippen LogP contribution in [-0.2, 0) is 4.79 Å². The van der Waals surface area contributed by atoms with Gasteiger partial charge in [-0.2, -0.15) is 0 Å². The second-order valence-electron chi connectivity index (χ2n) is 7.10. The van der Waals surface area contributed by atoms with E-state index in [-0.39, 0.29) is 11.9 Å². The van der Waals surface area contributed by atoms with Crippen molar-refractivity contribution in [2.45, 2.75) is 24.9 Å². The van der Waals surface area contributed by atoms with Crippen LogP contribution in [-0.4, -0.2) is 65.0 Å². The molecule has 0 spiro atoms. The van der Waals surface area contributed by atoms with Gasteiger partial charge in [-0.3, -0.25) is 24.3 Å². The van der Waals surface area contributed by atoms with Gasteiger partial charge in [0.05, 0.1) is 6.20 Å². The predicted molar refractivity (Wildman–Crippen MR) is 92.9 cm³/mol. The van der Waals surface area contributed by atoms with Crippen molar-refractivity contribution in [3.8, 4) is 0 Å². The molecule has 2 unspecified atom stereocenters. The fourth-order valence-electron chi connectivity index (χ4n) is 4.14. The number of hydrogen-bond acceptors (Lipinski definition) is 5. The largest absolute Gasteiger partial charge is 0.368 e. The minimum atomic E-state index is -0.388. The third-order valence-corrected chi connectivity index (χ3v) is 5.73. The number of piperazine rings is 1. The average Bonchev–Trinajstić information content (AvgIpc) is 3.04. The number of pyridine rings is 1. The van der Waals surface area contributed by atoms with Crippen LogP contribution in [0.5, 0.6) is 0 Å². The Hall–Kier alpha value is -2.61. The summed E-state index contributed by atoms with van der Waals surface area (Å²) >= 11 is 0. The van der Waals surface area contributed by atoms with Gasteiger partial charge in [0.1, 0.15) is 11.5 Å². The SMILES string of the molecule is CN1C2CC1CN(c1ccn3c(N4CCC(=O)NC4=O)cnc3c1)C2. The van der Waals surface area contributed by atoms with E-state index >= 15 is 0 Å². The van der Waals surface area contributed by atoms with E-state index in [2.05, 4.69) is 39.3 Å². The van der Waals surface area contributed by atoms with Gasteiger partial charge in [0.2, 0.25) is 5.91 Å². The Morgan fingerprint density at radius 1 is 1.24 bits per heavy atom. The molecule has 2 atom stereocenters. The number of carbonyl (C=O) groups is 2. The Labute approximate surface area is 145 Å². The number of carbonyl (C=O) groups excluding carboxylic acids is 2. The first-order valence-corrected chi connectivity index (χ1v) is 8.65. The first-order chi connectivity index (χ1) is 12.1. The molecular formula is C17H20N6O2. The molecule has 4 fully saturated rings. The number of amides is 3. The molecule has 130 valence electrons. The number of nitrogens with one attached hydrogen (secondary N) is 1. The lowest BCUT2D eigenvalue weighted by molar-refractivity contribution is -0.120. The molecule has 4 saturated heterocycles. The molecule has 8 nitrogen and oxygen atoms in total. The van der Waals surface area contributed by atoms with Crippen LogP contribution < -0.4 is 15.1 Å². The van der Waals surface area contributed by atoms with Gasteiger partial charge < -0.3 is 4.90 Å². The number of urea groups is 1. The number of anilines is 2. The van der Waals surface area contributed by atoms with Gasteiger partial charge in [-0.1, -0.05) is 0 Å². The number of likely N-dealkylation sites (N-methyl/N-ethyl adjacent to an activating group) is 1. The Bertz CT molecular complexity index is 865. The Kier molecular flexibility index (Phi) is 3.05.